The van der Waals surface area contributed by atoms with Gasteiger partial charge in [-0.3, -0.25) is 10.1 Å². The second kappa shape index (κ2) is 12.9. The number of hydrogen-bond donors (Lipinski definition) is 1. The first-order chi connectivity index (χ1) is 17.0. The summed E-state index contributed by atoms with van der Waals surface area (Å²) in [5, 5.41) is 21.2. The number of para-hydroxylation sites is 2. The number of hydrogen-bond acceptors (Lipinski definition) is 9. The fourth-order valence-corrected chi connectivity index (χ4v) is 4.38. The number of benzene rings is 2. The van der Waals surface area contributed by atoms with E-state index >= 15 is 0 Å². The molecule has 0 unspecified atom stereocenters. The number of ether oxygens (including phenoxy) is 4. The molecule has 1 amide bonds. The summed E-state index contributed by atoms with van der Waals surface area (Å²) in [5.41, 5.74) is 0.539. The van der Waals surface area contributed by atoms with Gasteiger partial charge in [-0.2, -0.15) is 5.26 Å². The van der Waals surface area contributed by atoms with E-state index in [2.05, 4.69) is 38.1 Å². The van der Waals surface area contributed by atoms with Gasteiger partial charge in [0.05, 0.1) is 17.8 Å². The summed E-state index contributed by atoms with van der Waals surface area (Å²) >= 11 is 3.39. The molecule has 0 atom stereocenters. The van der Waals surface area contributed by atoms with E-state index in [1.165, 1.54) is 24.5 Å². The highest BCUT2D eigenvalue weighted by Gasteiger charge is 2.15. The normalized spacial score (nSPS) is 10.9. The zero-order chi connectivity index (χ0) is 25.2. The summed E-state index contributed by atoms with van der Waals surface area (Å²) in [6.45, 7) is 2.51. The molecule has 11 heteroatoms. The Balaban J connectivity index is 1.69. The van der Waals surface area contributed by atoms with Crippen molar-refractivity contribution in [1.82, 2.24) is 10.2 Å². The van der Waals surface area contributed by atoms with Crippen LogP contribution in [0.15, 0.2) is 42.0 Å². The molecule has 0 spiro atoms. The average molecular weight is 606 g/mol. The summed E-state index contributed by atoms with van der Waals surface area (Å²) in [6.07, 6.45) is 2.20. The number of methoxy groups -OCH3 is 2. The van der Waals surface area contributed by atoms with Crippen LogP contribution in [-0.2, 0) is 11.2 Å². The Morgan fingerprint density at radius 1 is 1.11 bits per heavy atom. The topological polar surface area (TPSA) is 116 Å². The summed E-state index contributed by atoms with van der Waals surface area (Å²) in [5.74, 6) is 1.72. The zero-order valence-corrected chi connectivity index (χ0v) is 22.3. The maximum absolute atomic E-state index is 12.5. The van der Waals surface area contributed by atoms with Gasteiger partial charge in [0.1, 0.15) is 29.9 Å². The number of nitriles is 1. The maximum atomic E-state index is 12.5. The third kappa shape index (κ3) is 7.06. The highest BCUT2D eigenvalue weighted by Crippen LogP contribution is 2.35. The van der Waals surface area contributed by atoms with Gasteiger partial charge in [0.15, 0.2) is 23.0 Å². The van der Waals surface area contributed by atoms with E-state index in [4.69, 9.17) is 18.9 Å². The first-order valence-electron chi connectivity index (χ1n) is 10.5. The maximum Gasteiger partial charge on any atom is 0.268 e. The molecule has 35 heavy (non-hydrogen) atoms. The van der Waals surface area contributed by atoms with Crippen LogP contribution >= 0.6 is 33.9 Å². The molecule has 2 aromatic carbocycles. The predicted octanol–water partition coefficient (Wildman–Crippen LogP) is 4.73. The molecule has 3 rings (SSSR count). The Bertz CT molecular complexity index is 1250. The van der Waals surface area contributed by atoms with Gasteiger partial charge in [-0.05, 0) is 64.9 Å². The summed E-state index contributed by atoms with van der Waals surface area (Å²) in [7, 11) is 3.11. The lowest BCUT2D eigenvalue weighted by Gasteiger charge is -2.15. The Morgan fingerprint density at radius 2 is 1.83 bits per heavy atom. The second-order valence-electron chi connectivity index (χ2n) is 6.86. The van der Waals surface area contributed by atoms with E-state index in [0.717, 1.165) is 8.58 Å². The van der Waals surface area contributed by atoms with Crippen LogP contribution in [0, 0.1) is 14.9 Å². The SMILES string of the molecule is CCc1nnc(NC(=O)/C(C#N)=C\c2cc(I)c(OCCOc3ccccc3OC)c(OC)c2)s1. The van der Waals surface area contributed by atoms with Gasteiger partial charge in [-0.15, -0.1) is 10.2 Å². The van der Waals surface area contributed by atoms with Crippen molar-refractivity contribution >= 4 is 51.0 Å². The molecule has 0 radical (unpaired) electrons. The van der Waals surface area contributed by atoms with Crippen molar-refractivity contribution < 1.29 is 23.7 Å². The summed E-state index contributed by atoms with van der Waals surface area (Å²) < 4.78 is 23.2. The van der Waals surface area contributed by atoms with E-state index in [1.54, 1.807) is 19.2 Å². The first kappa shape index (κ1) is 26.2. The van der Waals surface area contributed by atoms with E-state index < -0.39 is 5.91 Å². The second-order valence-corrected chi connectivity index (χ2v) is 9.08. The molecule has 3 aromatic rings. The fourth-order valence-electron chi connectivity index (χ4n) is 2.92. The molecular weight excluding hydrogens is 583 g/mol. The minimum atomic E-state index is -0.561. The first-order valence-corrected chi connectivity index (χ1v) is 12.4. The average Bonchev–Trinajstić information content (AvgIpc) is 3.33. The molecule has 0 saturated heterocycles. The molecule has 0 aliphatic rings. The number of aryl methyl sites for hydroxylation is 1. The zero-order valence-electron chi connectivity index (χ0n) is 19.3. The molecule has 0 fully saturated rings. The van der Waals surface area contributed by atoms with Crippen LogP contribution in [0.2, 0.25) is 0 Å². The van der Waals surface area contributed by atoms with Gasteiger partial charge < -0.3 is 18.9 Å². The quantitative estimate of drug-likeness (QED) is 0.144. The van der Waals surface area contributed by atoms with E-state index in [-0.39, 0.29) is 12.2 Å². The number of carbonyl (C=O) groups is 1. The number of amides is 1. The monoisotopic (exact) mass is 606 g/mol. The van der Waals surface area contributed by atoms with Crippen LogP contribution in [0.3, 0.4) is 0 Å². The third-order valence-corrected chi connectivity index (χ3v) is 6.36. The van der Waals surface area contributed by atoms with Crippen LogP contribution < -0.4 is 24.3 Å². The largest absolute Gasteiger partial charge is 0.493 e. The number of carbonyl (C=O) groups excluding carboxylic acids is 1. The number of rotatable bonds is 11. The van der Waals surface area contributed by atoms with Crippen molar-refractivity contribution in [3.05, 3.63) is 56.1 Å². The van der Waals surface area contributed by atoms with Crippen molar-refractivity contribution in [1.29, 1.82) is 5.26 Å². The Hall–Kier alpha value is -3.37. The number of nitrogens with zero attached hydrogens (tertiary/aromatic N) is 3. The molecular formula is C24H23IN4O5S. The minimum Gasteiger partial charge on any atom is -0.493 e. The van der Waals surface area contributed by atoms with Gasteiger partial charge in [-0.25, -0.2) is 0 Å². The lowest BCUT2D eigenvalue weighted by molar-refractivity contribution is -0.112. The molecule has 182 valence electrons. The van der Waals surface area contributed by atoms with Gasteiger partial charge in [0.25, 0.3) is 5.91 Å². The van der Waals surface area contributed by atoms with E-state index in [0.29, 0.717) is 46.7 Å². The fraction of sp³-hybridized carbons (Fsp3) is 0.250. The lowest BCUT2D eigenvalue weighted by Crippen LogP contribution is -2.13. The van der Waals surface area contributed by atoms with Crippen molar-refractivity contribution in [2.24, 2.45) is 0 Å². The Kier molecular flexibility index (Phi) is 9.68. The molecule has 0 aliphatic heterocycles. The van der Waals surface area contributed by atoms with E-state index in [9.17, 15) is 10.1 Å². The van der Waals surface area contributed by atoms with Crippen molar-refractivity contribution in [3.63, 3.8) is 0 Å². The smallest absolute Gasteiger partial charge is 0.268 e. The number of nitrogens with one attached hydrogen (secondary N) is 1. The highest BCUT2D eigenvalue weighted by atomic mass is 127. The summed E-state index contributed by atoms with van der Waals surface area (Å²) in [6, 6.07) is 12.8. The number of anilines is 1. The van der Waals surface area contributed by atoms with Gasteiger partial charge in [0.2, 0.25) is 5.13 Å². The standard InChI is InChI=1S/C24H23IN4O5S/c1-4-21-28-29-24(35-21)27-23(30)16(14-26)11-15-12-17(25)22(20(13-15)32-3)34-10-9-33-19-8-6-5-7-18(19)31-2/h5-8,11-13H,4,9-10H2,1-3H3,(H,27,29,30)/b16-11-. The van der Waals surface area contributed by atoms with Crippen LogP contribution in [0.25, 0.3) is 6.08 Å². The van der Waals surface area contributed by atoms with Crippen LogP contribution in [0.4, 0.5) is 5.13 Å². The molecule has 0 aliphatic carbocycles. The Morgan fingerprint density at radius 3 is 2.49 bits per heavy atom. The highest BCUT2D eigenvalue weighted by molar-refractivity contribution is 14.1. The molecule has 1 aromatic heterocycles. The molecule has 0 bridgehead atoms. The van der Waals surface area contributed by atoms with Crippen LogP contribution in [-0.4, -0.2) is 43.5 Å². The lowest BCUT2D eigenvalue weighted by atomic mass is 10.1. The Labute approximate surface area is 220 Å². The van der Waals surface area contributed by atoms with Gasteiger partial charge >= 0.3 is 0 Å². The van der Waals surface area contributed by atoms with Crippen molar-refractivity contribution in [2.45, 2.75) is 13.3 Å². The van der Waals surface area contributed by atoms with Crippen molar-refractivity contribution in [3.8, 4) is 29.1 Å². The summed E-state index contributed by atoms with van der Waals surface area (Å²) in [4.78, 5) is 12.5. The van der Waals surface area contributed by atoms with E-state index in [1.807, 2.05) is 37.3 Å². The van der Waals surface area contributed by atoms with Crippen LogP contribution in [0.1, 0.15) is 17.5 Å². The molecule has 1 N–H and O–H groups in total. The molecule has 1 heterocycles. The van der Waals surface area contributed by atoms with Gasteiger partial charge in [0, 0.05) is 0 Å². The van der Waals surface area contributed by atoms with Crippen molar-refractivity contribution in [2.75, 3.05) is 32.8 Å². The minimum absolute atomic E-state index is 0.0741. The third-order valence-electron chi connectivity index (χ3n) is 4.57. The van der Waals surface area contributed by atoms with Gasteiger partial charge in [-0.1, -0.05) is 30.4 Å². The number of halogens is 1. The molecule has 9 nitrogen and oxygen atoms in total. The number of aromatic nitrogens is 2. The molecule has 0 saturated carbocycles. The van der Waals surface area contributed by atoms with Crippen LogP contribution in [0.5, 0.6) is 23.0 Å². The predicted molar refractivity (Wildman–Crippen MR) is 141 cm³/mol.